The fourth-order valence-electron chi connectivity index (χ4n) is 8.23. The lowest BCUT2D eigenvalue weighted by Crippen LogP contribution is -2.14. The van der Waals surface area contributed by atoms with Gasteiger partial charge in [-0.1, -0.05) is 141 Å². The van der Waals surface area contributed by atoms with Gasteiger partial charge in [0.2, 0.25) is 5.89 Å². The van der Waals surface area contributed by atoms with Crippen LogP contribution in [0.25, 0.3) is 88.6 Å². The maximum atomic E-state index is 6.13. The summed E-state index contributed by atoms with van der Waals surface area (Å²) in [5.74, 6) is 0.637. The molecule has 236 valence electrons. The fraction of sp³-hybridized carbons (Fsp3) is 0.0625. The number of hydrogen-bond donors (Lipinski definition) is 0. The molecule has 0 unspecified atom stereocenters. The van der Waals surface area contributed by atoms with Crippen LogP contribution < -0.4 is 0 Å². The SMILES string of the molecule is CC1(C)c2ccccc2-c2cc3c(-c4ccc(-c5nc6ccccc6o5)cc4)c4ccccc4c(-c4ccc(-c5ccccc5)cc4)c3cc21. The summed E-state index contributed by atoms with van der Waals surface area (Å²) in [7, 11) is 0. The quantitative estimate of drug-likeness (QED) is 0.179. The average molecular weight is 640 g/mol. The first kappa shape index (κ1) is 28.7. The van der Waals surface area contributed by atoms with Crippen LogP contribution in [-0.2, 0) is 5.41 Å². The molecule has 0 atom stereocenters. The normalized spacial score (nSPS) is 13.2. The molecular formula is C48H33NO. The van der Waals surface area contributed by atoms with Gasteiger partial charge in [0.1, 0.15) is 5.52 Å². The van der Waals surface area contributed by atoms with Crippen LogP contribution in [0.15, 0.2) is 168 Å². The number of aromatic nitrogens is 1. The van der Waals surface area contributed by atoms with E-state index >= 15 is 0 Å². The fourth-order valence-corrected chi connectivity index (χ4v) is 8.23. The molecule has 50 heavy (non-hydrogen) atoms. The van der Waals surface area contributed by atoms with E-state index in [2.05, 4.69) is 153 Å². The van der Waals surface area contributed by atoms with Gasteiger partial charge in [0.25, 0.3) is 0 Å². The van der Waals surface area contributed by atoms with Gasteiger partial charge >= 0.3 is 0 Å². The van der Waals surface area contributed by atoms with Crippen LogP contribution in [0.2, 0.25) is 0 Å². The van der Waals surface area contributed by atoms with E-state index in [1.54, 1.807) is 0 Å². The molecule has 0 saturated heterocycles. The van der Waals surface area contributed by atoms with Crippen molar-refractivity contribution in [3.63, 3.8) is 0 Å². The Morgan fingerprint density at radius 2 is 0.960 bits per heavy atom. The predicted octanol–water partition coefficient (Wildman–Crippen LogP) is 13.1. The van der Waals surface area contributed by atoms with E-state index in [1.165, 1.54) is 77.2 Å². The number of rotatable bonds is 4. The van der Waals surface area contributed by atoms with Crippen LogP contribution in [0.4, 0.5) is 0 Å². The minimum atomic E-state index is -0.110. The van der Waals surface area contributed by atoms with Gasteiger partial charge in [0.05, 0.1) is 0 Å². The van der Waals surface area contributed by atoms with Gasteiger partial charge in [-0.3, -0.25) is 0 Å². The Hall–Kier alpha value is -6.25. The van der Waals surface area contributed by atoms with E-state index in [-0.39, 0.29) is 5.41 Å². The molecule has 0 saturated carbocycles. The number of hydrogen-bond acceptors (Lipinski definition) is 2. The molecule has 10 rings (SSSR count). The van der Waals surface area contributed by atoms with Crippen molar-refractivity contribution < 1.29 is 4.42 Å². The molecule has 0 bridgehead atoms. The van der Waals surface area contributed by atoms with Gasteiger partial charge in [-0.15, -0.1) is 0 Å². The number of oxazole rings is 1. The molecule has 2 heteroatoms. The largest absolute Gasteiger partial charge is 0.436 e. The van der Waals surface area contributed by atoms with Crippen molar-refractivity contribution >= 4 is 32.6 Å². The summed E-state index contributed by atoms with van der Waals surface area (Å²) in [5, 5.41) is 5.02. The third-order valence-corrected chi connectivity index (χ3v) is 10.7. The zero-order valence-electron chi connectivity index (χ0n) is 27.9. The second-order valence-electron chi connectivity index (χ2n) is 13.9. The molecular weight excluding hydrogens is 607 g/mol. The molecule has 1 heterocycles. The lowest BCUT2D eigenvalue weighted by Gasteiger charge is -2.24. The summed E-state index contributed by atoms with van der Waals surface area (Å²) in [6.45, 7) is 4.73. The van der Waals surface area contributed by atoms with E-state index in [0.717, 1.165) is 16.7 Å². The first-order chi connectivity index (χ1) is 24.5. The molecule has 8 aromatic carbocycles. The summed E-state index contributed by atoms with van der Waals surface area (Å²) < 4.78 is 6.13. The van der Waals surface area contributed by atoms with Crippen molar-refractivity contribution in [2.24, 2.45) is 0 Å². The molecule has 0 spiro atoms. The van der Waals surface area contributed by atoms with Crippen molar-refractivity contribution in [2.75, 3.05) is 0 Å². The Morgan fingerprint density at radius 3 is 1.66 bits per heavy atom. The Balaban J connectivity index is 1.24. The van der Waals surface area contributed by atoms with Crippen molar-refractivity contribution in [3.8, 4) is 56.0 Å². The number of benzene rings is 8. The summed E-state index contributed by atoms with van der Waals surface area (Å²) in [5.41, 5.74) is 15.3. The summed E-state index contributed by atoms with van der Waals surface area (Å²) in [4.78, 5) is 4.76. The van der Waals surface area contributed by atoms with E-state index in [4.69, 9.17) is 9.40 Å². The number of fused-ring (bicyclic) bond motifs is 6. The molecule has 1 aromatic heterocycles. The highest BCUT2D eigenvalue weighted by molar-refractivity contribution is 6.22. The molecule has 0 N–H and O–H groups in total. The van der Waals surface area contributed by atoms with Crippen LogP contribution >= 0.6 is 0 Å². The average Bonchev–Trinajstić information content (AvgIpc) is 3.70. The highest BCUT2D eigenvalue weighted by atomic mass is 16.3. The van der Waals surface area contributed by atoms with Gasteiger partial charge in [0.15, 0.2) is 5.58 Å². The number of nitrogens with zero attached hydrogens (tertiary/aromatic N) is 1. The van der Waals surface area contributed by atoms with Crippen LogP contribution in [0.3, 0.4) is 0 Å². The standard InChI is InChI=1S/C48H33NO/c1-48(2)41-17-9-8-14-35(41)38-28-39-40(29-42(38)48)46(32-22-20-31(21-23-32)30-12-4-3-5-13-30)37-16-7-6-15-36(37)45(39)33-24-26-34(27-25-33)47-49-43-18-10-11-19-44(43)50-47/h3-29H,1-2H3. The Morgan fingerprint density at radius 1 is 0.420 bits per heavy atom. The minimum absolute atomic E-state index is 0.110. The van der Waals surface area contributed by atoms with Gasteiger partial charge in [-0.25, -0.2) is 4.98 Å². The summed E-state index contributed by atoms with van der Waals surface area (Å²) in [6, 6.07) is 59.2. The topological polar surface area (TPSA) is 26.0 Å². The third-order valence-electron chi connectivity index (χ3n) is 10.7. The molecule has 1 aliphatic carbocycles. The van der Waals surface area contributed by atoms with Crippen molar-refractivity contribution in [2.45, 2.75) is 19.3 Å². The second kappa shape index (κ2) is 10.9. The number of para-hydroxylation sites is 2. The predicted molar refractivity (Wildman–Crippen MR) is 208 cm³/mol. The van der Waals surface area contributed by atoms with E-state index in [0.29, 0.717) is 5.89 Å². The van der Waals surface area contributed by atoms with E-state index in [9.17, 15) is 0 Å². The maximum absolute atomic E-state index is 6.13. The van der Waals surface area contributed by atoms with Crippen molar-refractivity contribution in [1.82, 2.24) is 4.98 Å². The molecule has 2 nitrogen and oxygen atoms in total. The molecule has 0 aliphatic heterocycles. The zero-order valence-corrected chi connectivity index (χ0v) is 27.9. The third kappa shape index (κ3) is 4.32. The van der Waals surface area contributed by atoms with Gasteiger partial charge in [-0.05, 0) is 114 Å². The highest BCUT2D eigenvalue weighted by Gasteiger charge is 2.36. The zero-order chi connectivity index (χ0) is 33.4. The molecule has 0 fully saturated rings. The molecule has 1 aliphatic rings. The van der Waals surface area contributed by atoms with Crippen LogP contribution in [-0.4, -0.2) is 4.98 Å². The second-order valence-corrected chi connectivity index (χ2v) is 13.9. The van der Waals surface area contributed by atoms with Gasteiger partial charge in [-0.2, -0.15) is 0 Å². The van der Waals surface area contributed by atoms with Crippen LogP contribution in [0, 0.1) is 0 Å². The smallest absolute Gasteiger partial charge is 0.227 e. The first-order valence-electron chi connectivity index (χ1n) is 17.3. The van der Waals surface area contributed by atoms with Gasteiger partial charge in [0, 0.05) is 11.0 Å². The van der Waals surface area contributed by atoms with Crippen LogP contribution in [0.5, 0.6) is 0 Å². The molecule has 9 aromatic rings. The molecule has 0 radical (unpaired) electrons. The van der Waals surface area contributed by atoms with Crippen molar-refractivity contribution in [3.05, 3.63) is 175 Å². The Kier molecular flexibility index (Phi) is 6.25. The van der Waals surface area contributed by atoms with Crippen molar-refractivity contribution in [1.29, 1.82) is 0 Å². The van der Waals surface area contributed by atoms with Gasteiger partial charge < -0.3 is 4.42 Å². The molecule has 0 amide bonds. The monoisotopic (exact) mass is 639 g/mol. The first-order valence-corrected chi connectivity index (χ1v) is 17.3. The minimum Gasteiger partial charge on any atom is -0.436 e. The maximum Gasteiger partial charge on any atom is 0.227 e. The lowest BCUT2D eigenvalue weighted by molar-refractivity contribution is 0.620. The van der Waals surface area contributed by atoms with Crippen LogP contribution in [0.1, 0.15) is 25.0 Å². The Labute approximate surface area is 291 Å². The highest BCUT2D eigenvalue weighted by Crippen LogP contribution is 2.53. The Bertz CT molecular complexity index is 2720. The van der Waals surface area contributed by atoms with E-state index in [1.807, 2.05) is 24.3 Å². The summed E-state index contributed by atoms with van der Waals surface area (Å²) >= 11 is 0. The lowest BCUT2D eigenvalue weighted by atomic mass is 9.79. The summed E-state index contributed by atoms with van der Waals surface area (Å²) in [6.07, 6.45) is 0. The van der Waals surface area contributed by atoms with E-state index < -0.39 is 0 Å².